The molecular formula is C23H24O4. The van der Waals surface area contributed by atoms with E-state index < -0.39 is 5.60 Å². The van der Waals surface area contributed by atoms with Crippen molar-refractivity contribution in [2.75, 3.05) is 14.2 Å². The fourth-order valence-electron chi connectivity index (χ4n) is 3.13. The summed E-state index contributed by atoms with van der Waals surface area (Å²) in [5, 5.41) is 0. The number of aryl methyl sites for hydroxylation is 1. The number of ketones is 1. The van der Waals surface area contributed by atoms with Crippen molar-refractivity contribution >= 4 is 17.4 Å². The number of carbonyl (C=O) groups is 1. The van der Waals surface area contributed by atoms with Crippen LogP contribution in [-0.2, 0) is 0 Å². The van der Waals surface area contributed by atoms with Gasteiger partial charge in [-0.1, -0.05) is 18.7 Å². The SMILES string of the molecule is C=C(C(=O)c1ccc2c(c1OC)C=CC(C)(C)O2)c1ccc(C)c(OC)c1. The van der Waals surface area contributed by atoms with Gasteiger partial charge in [-0.25, -0.2) is 0 Å². The average molecular weight is 364 g/mol. The molecule has 1 aliphatic heterocycles. The molecule has 0 aliphatic carbocycles. The molecule has 0 amide bonds. The summed E-state index contributed by atoms with van der Waals surface area (Å²) in [6, 6.07) is 9.14. The van der Waals surface area contributed by atoms with E-state index in [-0.39, 0.29) is 5.78 Å². The van der Waals surface area contributed by atoms with Crippen LogP contribution >= 0.6 is 0 Å². The van der Waals surface area contributed by atoms with Crippen LogP contribution in [-0.4, -0.2) is 25.6 Å². The summed E-state index contributed by atoms with van der Waals surface area (Å²) in [5.74, 6) is 1.71. The molecule has 3 rings (SSSR count). The average Bonchev–Trinajstić information content (AvgIpc) is 2.65. The van der Waals surface area contributed by atoms with Gasteiger partial charge in [0, 0.05) is 5.57 Å². The van der Waals surface area contributed by atoms with Gasteiger partial charge in [-0.15, -0.1) is 0 Å². The van der Waals surface area contributed by atoms with Crippen LogP contribution in [0.5, 0.6) is 17.2 Å². The van der Waals surface area contributed by atoms with Crippen LogP contribution in [0.15, 0.2) is 43.0 Å². The molecule has 0 spiro atoms. The lowest BCUT2D eigenvalue weighted by Gasteiger charge is -2.29. The maximum Gasteiger partial charge on any atom is 0.196 e. The third-order valence-electron chi connectivity index (χ3n) is 4.66. The van der Waals surface area contributed by atoms with Crippen molar-refractivity contribution in [3.8, 4) is 17.2 Å². The summed E-state index contributed by atoms with van der Waals surface area (Å²) < 4.78 is 16.9. The van der Waals surface area contributed by atoms with Gasteiger partial charge >= 0.3 is 0 Å². The number of ether oxygens (including phenoxy) is 3. The van der Waals surface area contributed by atoms with Crippen molar-refractivity contribution in [3.63, 3.8) is 0 Å². The zero-order valence-corrected chi connectivity index (χ0v) is 16.4. The van der Waals surface area contributed by atoms with Gasteiger partial charge in [-0.3, -0.25) is 4.79 Å². The van der Waals surface area contributed by atoms with Crippen LogP contribution in [0.25, 0.3) is 11.6 Å². The number of Topliss-reactive ketones (excluding diaryl/α,β-unsaturated/α-hetero) is 1. The summed E-state index contributed by atoms with van der Waals surface area (Å²) in [6.45, 7) is 9.91. The minimum Gasteiger partial charge on any atom is -0.496 e. The van der Waals surface area contributed by atoms with E-state index in [1.54, 1.807) is 26.4 Å². The highest BCUT2D eigenvalue weighted by atomic mass is 16.5. The third kappa shape index (κ3) is 3.47. The molecular weight excluding hydrogens is 340 g/mol. The van der Waals surface area contributed by atoms with Crippen LogP contribution < -0.4 is 14.2 Å². The maximum absolute atomic E-state index is 13.1. The molecule has 0 radical (unpaired) electrons. The van der Waals surface area contributed by atoms with Gasteiger partial charge in [-0.2, -0.15) is 0 Å². The molecule has 0 saturated carbocycles. The first-order chi connectivity index (χ1) is 12.8. The fourth-order valence-corrected chi connectivity index (χ4v) is 3.13. The standard InChI is InChI=1S/C23H24O4/c1-14-7-8-16(13-20(14)25-5)15(2)21(24)18-9-10-19-17(22(18)26-6)11-12-23(3,4)27-19/h7-13H,2H2,1,3-6H3. The molecule has 1 heterocycles. The molecule has 0 atom stereocenters. The molecule has 0 aromatic heterocycles. The third-order valence-corrected chi connectivity index (χ3v) is 4.66. The number of rotatable bonds is 5. The first kappa shape index (κ1) is 18.8. The molecule has 1 aliphatic rings. The number of hydrogen-bond donors (Lipinski definition) is 0. The molecule has 27 heavy (non-hydrogen) atoms. The molecule has 2 aromatic rings. The highest BCUT2D eigenvalue weighted by Gasteiger charge is 2.27. The fraction of sp³-hybridized carbons (Fsp3) is 0.261. The Morgan fingerprint density at radius 1 is 1.11 bits per heavy atom. The number of carbonyl (C=O) groups excluding carboxylic acids is 1. The van der Waals surface area contributed by atoms with Gasteiger partial charge in [0.15, 0.2) is 5.78 Å². The van der Waals surface area contributed by atoms with E-state index in [1.807, 2.05) is 51.1 Å². The van der Waals surface area contributed by atoms with E-state index in [2.05, 4.69) is 6.58 Å². The number of methoxy groups -OCH3 is 2. The molecule has 2 aromatic carbocycles. The monoisotopic (exact) mass is 364 g/mol. The van der Waals surface area contributed by atoms with Crippen LogP contribution in [0, 0.1) is 6.92 Å². The number of benzene rings is 2. The zero-order valence-electron chi connectivity index (χ0n) is 16.4. The lowest BCUT2D eigenvalue weighted by Crippen LogP contribution is -2.27. The molecule has 0 fully saturated rings. The van der Waals surface area contributed by atoms with Crippen molar-refractivity contribution in [2.45, 2.75) is 26.4 Å². The highest BCUT2D eigenvalue weighted by Crippen LogP contribution is 2.40. The molecule has 0 N–H and O–H groups in total. The summed E-state index contributed by atoms with van der Waals surface area (Å²) in [4.78, 5) is 13.1. The Bertz CT molecular complexity index is 951. The van der Waals surface area contributed by atoms with Crippen LogP contribution in [0.4, 0.5) is 0 Å². The predicted octanol–water partition coefficient (Wildman–Crippen LogP) is 5.09. The quantitative estimate of drug-likeness (QED) is 0.547. The van der Waals surface area contributed by atoms with Gasteiger partial charge in [0.2, 0.25) is 0 Å². The number of allylic oxidation sites excluding steroid dienone is 1. The Morgan fingerprint density at radius 3 is 2.52 bits per heavy atom. The second-order valence-electron chi connectivity index (χ2n) is 7.09. The summed E-state index contributed by atoms with van der Waals surface area (Å²) in [6.07, 6.45) is 3.89. The van der Waals surface area contributed by atoms with Crippen molar-refractivity contribution < 1.29 is 19.0 Å². The molecule has 4 heteroatoms. The van der Waals surface area contributed by atoms with Crippen LogP contribution in [0.1, 0.15) is 40.9 Å². The lowest BCUT2D eigenvalue weighted by atomic mass is 9.93. The Kier molecular flexibility index (Phi) is 4.83. The van der Waals surface area contributed by atoms with E-state index in [0.29, 0.717) is 22.6 Å². The van der Waals surface area contributed by atoms with E-state index in [9.17, 15) is 4.79 Å². The van der Waals surface area contributed by atoms with E-state index >= 15 is 0 Å². The van der Waals surface area contributed by atoms with Gasteiger partial charge in [0.25, 0.3) is 0 Å². The normalized spacial score (nSPS) is 14.1. The first-order valence-corrected chi connectivity index (χ1v) is 8.75. The molecule has 4 nitrogen and oxygen atoms in total. The molecule has 0 bridgehead atoms. The molecule has 0 saturated heterocycles. The predicted molar refractivity (Wildman–Crippen MR) is 108 cm³/mol. The van der Waals surface area contributed by atoms with E-state index in [1.165, 1.54) is 0 Å². The van der Waals surface area contributed by atoms with Gasteiger partial charge in [0.05, 0.1) is 25.3 Å². The van der Waals surface area contributed by atoms with Crippen molar-refractivity contribution in [1.29, 1.82) is 0 Å². The van der Waals surface area contributed by atoms with Crippen molar-refractivity contribution in [3.05, 3.63) is 65.2 Å². The maximum atomic E-state index is 13.1. The van der Waals surface area contributed by atoms with Gasteiger partial charge in [-0.05, 0) is 62.2 Å². The van der Waals surface area contributed by atoms with Gasteiger partial charge in [0.1, 0.15) is 22.8 Å². The summed E-state index contributed by atoms with van der Waals surface area (Å²) in [5.41, 5.74) is 2.91. The smallest absolute Gasteiger partial charge is 0.196 e. The summed E-state index contributed by atoms with van der Waals surface area (Å²) >= 11 is 0. The molecule has 140 valence electrons. The van der Waals surface area contributed by atoms with Crippen LogP contribution in [0.3, 0.4) is 0 Å². The Labute approximate surface area is 160 Å². The van der Waals surface area contributed by atoms with Crippen LogP contribution in [0.2, 0.25) is 0 Å². The second kappa shape index (κ2) is 6.95. The Morgan fingerprint density at radius 2 is 1.85 bits per heavy atom. The number of fused-ring (bicyclic) bond motifs is 1. The minimum absolute atomic E-state index is 0.196. The lowest BCUT2D eigenvalue weighted by molar-refractivity contribution is 0.105. The Hall–Kier alpha value is -3.01. The summed E-state index contributed by atoms with van der Waals surface area (Å²) in [7, 11) is 3.16. The van der Waals surface area contributed by atoms with Crippen molar-refractivity contribution in [2.24, 2.45) is 0 Å². The van der Waals surface area contributed by atoms with E-state index in [4.69, 9.17) is 14.2 Å². The first-order valence-electron chi connectivity index (χ1n) is 8.75. The topological polar surface area (TPSA) is 44.8 Å². The van der Waals surface area contributed by atoms with E-state index in [0.717, 1.165) is 22.4 Å². The van der Waals surface area contributed by atoms with Gasteiger partial charge < -0.3 is 14.2 Å². The highest BCUT2D eigenvalue weighted by molar-refractivity contribution is 6.29. The molecule has 0 unspecified atom stereocenters. The number of hydrogen-bond acceptors (Lipinski definition) is 4. The minimum atomic E-state index is -0.397. The largest absolute Gasteiger partial charge is 0.496 e. The Balaban J connectivity index is 2.01. The zero-order chi connectivity index (χ0) is 19.8. The second-order valence-corrected chi connectivity index (χ2v) is 7.09. The van der Waals surface area contributed by atoms with Crippen molar-refractivity contribution in [1.82, 2.24) is 0 Å².